The fourth-order valence-electron chi connectivity index (χ4n) is 2.30. The van der Waals surface area contributed by atoms with Crippen LogP contribution in [0.25, 0.3) is 0 Å². The average molecular weight is 306 g/mol. The zero-order valence-corrected chi connectivity index (χ0v) is 14.4. The van der Waals surface area contributed by atoms with Crippen molar-refractivity contribution in [2.24, 2.45) is 10.3 Å². The normalized spacial score (nSPS) is 14.3. The summed E-state index contributed by atoms with van der Waals surface area (Å²) in [4.78, 5) is 0. The molecule has 1 aromatic rings. The lowest BCUT2D eigenvalue weighted by Crippen LogP contribution is -2.21. The molecule has 0 heterocycles. The molecule has 0 amide bonds. The van der Waals surface area contributed by atoms with Gasteiger partial charge in [-0.3, -0.25) is 0 Å². The van der Waals surface area contributed by atoms with E-state index in [9.17, 15) is 10.3 Å². The summed E-state index contributed by atoms with van der Waals surface area (Å²) in [6, 6.07) is 3.54. The van der Waals surface area contributed by atoms with Gasteiger partial charge in [-0.05, 0) is 29.9 Å². The summed E-state index contributed by atoms with van der Waals surface area (Å²) >= 11 is 0. The van der Waals surface area contributed by atoms with Gasteiger partial charge in [-0.2, -0.15) is 0 Å². The van der Waals surface area contributed by atoms with E-state index in [-0.39, 0.29) is 28.0 Å². The maximum absolute atomic E-state index is 10.7. The number of phenolic OH excluding ortho intramolecular Hbond substituents is 1. The fraction of sp³-hybridized carbons (Fsp3) is 0.529. The van der Waals surface area contributed by atoms with Crippen molar-refractivity contribution in [1.82, 2.24) is 0 Å². The Morgan fingerprint density at radius 1 is 0.864 bits per heavy atom. The Bertz CT molecular complexity index is 583. The zero-order chi connectivity index (χ0) is 17.3. The topological polar surface area (TPSA) is 85.4 Å². The minimum absolute atomic E-state index is 0.179. The quantitative estimate of drug-likeness (QED) is 0.438. The molecule has 0 fully saturated rings. The predicted octanol–water partition coefficient (Wildman–Crippen LogP) is 4.02. The second-order valence-electron chi connectivity index (χ2n) is 7.55. The van der Waals surface area contributed by atoms with Crippen LogP contribution in [0.15, 0.2) is 22.4 Å². The third kappa shape index (κ3) is 3.59. The molecule has 5 nitrogen and oxygen atoms in total. The van der Waals surface area contributed by atoms with Gasteiger partial charge in [0, 0.05) is 16.7 Å². The van der Waals surface area contributed by atoms with Gasteiger partial charge in [0.2, 0.25) is 0 Å². The molecule has 0 unspecified atom stereocenters. The number of hydrogen-bond acceptors (Lipinski definition) is 5. The first-order valence-corrected chi connectivity index (χ1v) is 7.23. The first-order valence-electron chi connectivity index (χ1n) is 7.23. The van der Waals surface area contributed by atoms with Crippen molar-refractivity contribution in [3.63, 3.8) is 0 Å². The van der Waals surface area contributed by atoms with Crippen LogP contribution in [0.4, 0.5) is 0 Å². The van der Waals surface area contributed by atoms with Crippen molar-refractivity contribution < 1.29 is 15.5 Å². The Labute approximate surface area is 132 Å². The highest BCUT2D eigenvalue weighted by atomic mass is 16.4. The number of rotatable bonds is 2. The molecule has 0 aliphatic heterocycles. The van der Waals surface area contributed by atoms with Gasteiger partial charge in [-0.15, -0.1) is 0 Å². The van der Waals surface area contributed by atoms with Crippen molar-refractivity contribution in [2.45, 2.75) is 59.3 Å². The van der Waals surface area contributed by atoms with E-state index in [0.29, 0.717) is 5.56 Å². The van der Waals surface area contributed by atoms with Crippen LogP contribution in [-0.4, -0.2) is 26.9 Å². The molecule has 0 aliphatic carbocycles. The summed E-state index contributed by atoms with van der Waals surface area (Å²) in [7, 11) is 0. The molecule has 0 atom stereocenters. The number of oxime groups is 2. The molecular weight excluding hydrogens is 280 g/mol. The fourth-order valence-corrected chi connectivity index (χ4v) is 2.30. The number of phenols is 1. The van der Waals surface area contributed by atoms with Gasteiger partial charge in [0.1, 0.15) is 17.2 Å². The summed E-state index contributed by atoms with van der Waals surface area (Å²) < 4.78 is 0. The molecule has 5 heteroatoms. The van der Waals surface area contributed by atoms with Gasteiger partial charge >= 0.3 is 0 Å². The Balaban J connectivity index is 3.76. The largest absolute Gasteiger partial charge is 0.507 e. The second-order valence-corrected chi connectivity index (χ2v) is 7.55. The van der Waals surface area contributed by atoms with Crippen LogP contribution < -0.4 is 0 Å². The second kappa shape index (κ2) is 5.99. The molecule has 0 bridgehead atoms. The van der Waals surface area contributed by atoms with Crippen LogP contribution in [-0.2, 0) is 10.8 Å². The molecule has 22 heavy (non-hydrogen) atoms. The van der Waals surface area contributed by atoms with Crippen LogP contribution in [0.3, 0.4) is 0 Å². The van der Waals surface area contributed by atoms with Crippen molar-refractivity contribution in [3.8, 4) is 5.75 Å². The average Bonchev–Trinajstić information content (AvgIpc) is 2.38. The van der Waals surface area contributed by atoms with Crippen molar-refractivity contribution >= 4 is 11.4 Å². The van der Waals surface area contributed by atoms with Crippen molar-refractivity contribution in [1.29, 1.82) is 0 Å². The number of benzene rings is 1. The summed E-state index contributed by atoms with van der Waals surface area (Å²) in [6.45, 7) is 13.6. The molecule has 0 saturated heterocycles. The highest BCUT2D eigenvalue weighted by Crippen LogP contribution is 2.39. The van der Waals surface area contributed by atoms with Gasteiger partial charge < -0.3 is 15.5 Å². The lowest BCUT2D eigenvalue weighted by molar-refractivity contribution is 0.314. The maximum atomic E-state index is 10.7. The smallest absolute Gasteiger partial charge is 0.134 e. The van der Waals surface area contributed by atoms with Crippen LogP contribution in [0.1, 0.15) is 65.2 Å². The van der Waals surface area contributed by atoms with E-state index in [2.05, 4.69) is 10.3 Å². The monoisotopic (exact) mass is 306 g/mol. The van der Waals surface area contributed by atoms with E-state index >= 15 is 0 Å². The van der Waals surface area contributed by atoms with Crippen LogP contribution in [0.2, 0.25) is 0 Å². The van der Waals surface area contributed by atoms with Crippen LogP contribution in [0.5, 0.6) is 5.75 Å². The molecule has 0 saturated carbocycles. The van der Waals surface area contributed by atoms with Gasteiger partial charge in [0.25, 0.3) is 0 Å². The van der Waals surface area contributed by atoms with Crippen LogP contribution in [0, 0.1) is 0 Å². The highest BCUT2D eigenvalue weighted by molar-refractivity contribution is 6.47. The third-order valence-electron chi connectivity index (χ3n) is 3.59. The Morgan fingerprint density at radius 2 is 1.27 bits per heavy atom. The van der Waals surface area contributed by atoms with Gasteiger partial charge in [-0.25, -0.2) is 0 Å². The minimum Gasteiger partial charge on any atom is -0.507 e. The molecule has 0 aromatic heterocycles. The van der Waals surface area contributed by atoms with Gasteiger partial charge in [-0.1, -0.05) is 51.9 Å². The van der Waals surface area contributed by atoms with Gasteiger partial charge in [0.15, 0.2) is 0 Å². The Kier molecular flexibility index (Phi) is 4.90. The van der Waals surface area contributed by atoms with E-state index in [4.69, 9.17) is 5.21 Å². The third-order valence-corrected chi connectivity index (χ3v) is 3.59. The molecule has 0 radical (unpaired) electrons. The Morgan fingerprint density at radius 3 is 1.55 bits per heavy atom. The molecule has 0 aliphatic rings. The van der Waals surface area contributed by atoms with Crippen LogP contribution >= 0.6 is 0 Å². The highest BCUT2D eigenvalue weighted by Gasteiger charge is 2.27. The molecule has 1 rings (SSSR count). The first-order chi connectivity index (χ1) is 9.93. The summed E-state index contributed by atoms with van der Waals surface area (Å²) in [5.41, 5.74) is 1.91. The number of nitrogens with zero attached hydrogens (tertiary/aromatic N) is 2. The van der Waals surface area contributed by atoms with Crippen molar-refractivity contribution in [3.05, 3.63) is 28.8 Å². The molecule has 122 valence electrons. The van der Waals surface area contributed by atoms with E-state index in [0.717, 1.165) is 11.1 Å². The lowest BCUT2D eigenvalue weighted by Gasteiger charge is -2.28. The summed E-state index contributed by atoms with van der Waals surface area (Å²) in [5.74, 6) is 0.250. The molecule has 1 aromatic carbocycles. The number of hydrogen-bond donors (Lipinski definition) is 3. The maximum Gasteiger partial charge on any atom is 0.134 e. The SMILES string of the molecule is CC(=NO)C(=NO)c1cc(C(C)(C)C)c(O)c(C(C)(C)C)c1. The van der Waals surface area contributed by atoms with E-state index < -0.39 is 0 Å². The summed E-state index contributed by atoms with van der Waals surface area (Å²) in [6.07, 6.45) is 0. The van der Waals surface area contributed by atoms with Gasteiger partial charge in [0.05, 0.1) is 0 Å². The molecule has 3 N–H and O–H groups in total. The van der Waals surface area contributed by atoms with Crippen molar-refractivity contribution in [2.75, 3.05) is 0 Å². The standard InChI is InChI=1S/C17H26N2O3/c1-10(18-21)14(19-22)11-8-12(16(2,3)4)15(20)13(9-11)17(5,6)7/h8-9,20-22H,1-7H3. The summed E-state index contributed by atoms with van der Waals surface area (Å²) in [5, 5.41) is 35.2. The predicted molar refractivity (Wildman–Crippen MR) is 88.7 cm³/mol. The molecular formula is C17H26N2O3. The van der Waals surface area contributed by atoms with E-state index in [1.165, 1.54) is 0 Å². The Hall–Kier alpha value is -2.04. The van der Waals surface area contributed by atoms with E-state index in [1.54, 1.807) is 19.1 Å². The molecule has 0 spiro atoms. The zero-order valence-electron chi connectivity index (χ0n) is 14.4. The minimum atomic E-state index is -0.287. The first kappa shape index (κ1) is 18.0. The number of aromatic hydroxyl groups is 1. The van der Waals surface area contributed by atoms with E-state index in [1.807, 2.05) is 41.5 Å². The lowest BCUT2D eigenvalue weighted by atomic mass is 9.78.